The average Bonchev–Trinajstić information content (AvgIpc) is 2.77. The number of benzene rings is 2. The topological polar surface area (TPSA) is 48.8 Å². The van der Waals surface area contributed by atoms with Crippen molar-refractivity contribution in [2.45, 2.75) is 14.4 Å². The van der Waals surface area contributed by atoms with Gasteiger partial charge in [-0.05, 0) is 30.1 Å². The molecule has 1 aromatic heterocycles. The number of para-hydroxylation sites is 1. The summed E-state index contributed by atoms with van der Waals surface area (Å²) in [5.41, 5.74) is 1.86. The summed E-state index contributed by atoms with van der Waals surface area (Å²) in [7, 11) is 0. The van der Waals surface area contributed by atoms with Crippen molar-refractivity contribution in [2.24, 2.45) is 0 Å². The van der Waals surface area contributed by atoms with Crippen molar-refractivity contribution in [1.29, 1.82) is 0 Å². The third-order valence-corrected chi connectivity index (χ3v) is 5.35. The van der Waals surface area contributed by atoms with Gasteiger partial charge in [0.05, 0.1) is 12.3 Å². The minimum atomic E-state index is -0.00750. The number of hydrogen-bond donors (Lipinski definition) is 1. The second kappa shape index (κ2) is 9.72. The quantitative estimate of drug-likeness (QED) is 0.685. The lowest BCUT2D eigenvalue weighted by Gasteiger charge is -2.35. The normalized spacial score (nSPS) is 14.6. The summed E-state index contributed by atoms with van der Waals surface area (Å²) in [5, 5.41) is 11.5. The summed E-state index contributed by atoms with van der Waals surface area (Å²) in [6, 6.07) is 18.5. The number of hydrogen-bond acceptors (Lipinski definition) is 5. The van der Waals surface area contributed by atoms with Gasteiger partial charge in [0, 0.05) is 37.1 Å². The summed E-state index contributed by atoms with van der Waals surface area (Å²) in [5.74, 6) is 1.79. The molecule has 5 nitrogen and oxygen atoms in total. The van der Waals surface area contributed by atoms with Crippen molar-refractivity contribution in [3.63, 3.8) is 0 Å². The molecule has 1 aliphatic heterocycles. The SMILES string of the molecule is C.CCN1CCN(c2nc(-c3ccccc3OCCO)cc3ccccc23)CC1. The smallest absolute Gasteiger partial charge is 0.137 e. The number of aromatic nitrogens is 1. The van der Waals surface area contributed by atoms with Gasteiger partial charge in [0.25, 0.3) is 0 Å². The number of anilines is 1. The highest BCUT2D eigenvalue weighted by Crippen LogP contribution is 2.34. The number of aliphatic hydroxyl groups excluding tert-OH is 1. The highest BCUT2D eigenvalue weighted by atomic mass is 16.5. The fourth-order valence-corrected chi connectivity index (χ4v) is 3.80. The number of nitrogens with zero attached hydrogens (tertiary/aromatic N) is 3. The van der Waals surface area contributed by atoms with Gasteiger partial charge in [0.1, 0.15) is 18.2 Å². The Bertz CT molecular complexity index is 936. The average molecular weight is 394 g/mol. The molecule has 3 aromatic rings. The molecular formula is C24H31N3O2. The monoisotopic (exact) mass is 393 g/mol. The van der Waals surface area contributed by atoms with Crippen LogP contribution in [0.3, 0.4) is 0 Å². The molecule has 4 rings (SSSR count). The van der Waals surface area contributed by atoms with Gasteiger partial charge in [-0.1, -0.05) is 50.7 Å². The highest BCUT2D eigenvalue weighted by molar-refractivity contribution is 5.95. The van der Waals surface area contributed by atoms with E-state index in [1.165, 1.54) is 10.8 Å². The number of fused-ring (bicyclic) bond motifs is 1. The largest absolute Gasteiger partial charge is 0.490 e. The van der Waals surface area contributed by atoms with E-state index in [0.29, 0.717) is 0 Å². The molecule has 0 aliphatic carbocycles. The van der Waals surface area contributed by atoms with Gasteiger partial charge in [0.2, 0.25) is 0 Å². The first kappa shape index (κ1) is 21.1. The summed E-state index contributed by atoms with van der Waals surface area (Å²) < 4.78 is 5.76. The predicted octanol–water partition coefficient (Wildman–Crippen LogP) is 4.05. The lowest BCUT2D eigenvalue weighted by atomic mass is 10.1. The van der Waals surface area contributed by atoms with E-state index < -0.39 is 0 Å². The molecular weight excluding hydrogens is 362 g/mol. The van der Waals surface area contributed by atoms with Gasteiger partial charge < -0.3 is 19.6 Å². The maximum Gasteiger partial charge on any atom is 0.137 e. The van der Waals surface area contributed by atoms with Gasteiger partial charge >= 0.3 is 0 Å². The predicted molar refractivity (Wildman–Crippen MR) is 121 cm³/mol. The van der Waals surface area contributed by atoms with Crippen molar-refractivity contribution in [3.05, 3.63) is 54.6 Å². The molecule has 0 atom stereocenters. The number of ether oxygens (including phenoxy) is 1. The Morgan fingerprint density at radius 1 is 1.00 bits per heavy atom. The molecule has 0 bridgehead atoms. The number of piperazine rings is 1. The fraction of sp³-hybridized carbons (Fsp3) is 0.375. The first-order valence-electron chi connectivity index (χ1n) is 10.0. The molecule has 0 spiro atoms. The molecule has 0 unspecified atom stereocenters. The van der Waals surface area contributed by atoms with Crippen LogP contribution in [0, 0.1) is 0 Å². The molecule has 0 amide bonds. The van der Waals surface area contributed by atoms with Crippen molar-refractivity contribution in [2.75, 3.05) is 50.8 Å². The van der Waals surface area contributed by atoms with E-state index in [-0.39, 0.29) is 20.6 Å². The van der Waals surface area contributed by atoms with Gasteiger partial charge in [-0.3, -0.25) is 0 Å². The van der Waals surface area contributed by atoms with E-state index in [0.717, 1.165) is 55.5 Å². The summed E-state index contributed by atoms with van der Waals surface area (Å²) >= 11 is 0. The van der Waals surface area contributed by atoms with Gasteiger partial charge in [-0.25, -0.2) is 4.98 Å². The lowest BCUT2D eigenvalue weighted by Crippen LogP contribution is -2.46. The Balaban J connectivity index is 0.00000240. The van der Waals surface area contributed by atoms with Crippen LogP contribution < -0.4 is 9.64 Å². The Kier molecular flexibility index (Phi) is 7.07. The lowest BCUT2D eigenvalue weighted by molar-refractivity contribution is 0.202. The molecule has 2 aromatic carbocycles. The van der Waals surface area contributed by atoms with Crippen molar-refractivity contribution in [3.8, 4) is 17.0 Å². The molecule has 29 heavy (non-hydrogen) atoms. The van der Waals surface area contributed by atoms with Crippen LogP contribution in [0.4, 0.5) is 5.82 Å². The highest BCUT2D eigenvalue weighted by Gasteiger charge is 2.20. The summed E-state index contributed by atoms with van der Waals surface area (Å²) in [6.07, 6.45) is 0. The zero-order valence-electron chi connectivity index (χ0n) is 16.3. The Labute approximate surface area is 173 Å². The maximum absolute atomic E-state index is 9.14. The second-order valence-corrected chi connectivity index (χ2v) is 7.04. The van der Waals surface area contributed by atoms with Crippen LogP contribution in [-0.4, -0.2) is 60.9 Å². The van der Waals surface area contributed by atoms with Gasteiger partial charge in [-0.15, -0.1) is 0 Å². The van der Waals surface area contributed by atoms with Crippen LogP contribution in [-0.2, 0) is 0 Å². The molecule has 154 valence electrons. The van der Waals surface area contributed by atoms with Crippen LogP contribution in [0.2, 0.25) is 0 Å². The molecule has 1 N–H and O–H groups in total. The number of aliphatic hydroxyl groups is 1. The van der Waals surface area contributed by atoms with Crippen molar-refractivity contribution in [1.82, 2.24) is 9.88 Å². The van der Waals surface area contributed by atoms with Crippen LogP contribution in [0.1, 0.15) is 14.4 Å². The first-order valence-corrected chi connectivity index (χ1v) is 10.0. The Hall–Kier alpha value is -2.63. The van der Waals surface area contributed by atoms with Gasteiger partial charge in [0.15, 0.2) is 0 Å². The zero-order valence-corrected chi connectivity index (χ0v) is 16.3. The molecule has 0 radical (unpaired) electrons. The van der Waals surface area contributed by atoms with E-state index in [2.05, 4.69) is 47.1 Å². The molecule has 1 fully saturated rings. The number of rotatable bonds is 6. The van der Waals surface area contributed by atoms with Crippen molar-refractivity contribution >= 4 is 16.6 Å². The van der Waals surface area contributed by atoms with E-state index in [4.69, 9.17) is 14.8 Å². The molecule has 5 heteroatoms. The summed E-state index contributed by atoms with van der Waals surface area (Å²) in [6.45, 7) is 7.67. The molecule has 0 saturated carbocycles. The van der Waals surface area contributed by atoms with Crippen LogP contribution >= 0.6 is 0 Å². The molecule has 2 heterocycles. The molecule has 1 saturated heterocycles. The second-order valence-electron chi connectivity index (χ2n) is 7.04. The zero-order chi connectivity index (χ0) is 19.3. The van der Waals surface area contributed by atoms with Gasteiger partial charge in [-0.2, -0.15) is 0 Å². The fourth-order valence-electron chi connectivity index (χ4n) is 3.80. The number of likely N-dealkylation sites (N-methyl/N-ethyl adjacent to an activating group) is 1. The summed E-state index contributed by atoms with van der Waals surface area (Å²) in [4.78, 5) is 9.95. The van der Waals surface area contributed by atoms with Crippen LogP contribution in [0.15, 0.2) is 54.6 Å². The van der Waals surface area contributed by atoms with Crippen LogP contribution in [0.25, 0.3) is 22.0 Å². The Morgan fingerprint density at radius 3 is 2.48 bits per heavy atom. The third kappa shape index (κ3) is 4.52. The van der Waals surface area contributed by atoms with E-state index in [1.54, 1.807) is 0 Å². The molecule has 1 aliphatic rings. The van der Waals surface area contributed by atoms with Crippen LogP contribution in [0.5, 0.6) is 5.75 Å². The Morgan fingerprint density at radius 2 is 1.72 bits per heavy atom. The standard InChI is InChI=1S/C23H27N3O2.CH4/c1-2-25-11-13-26(14-12-25)23-19-8-4-3-7-18(19)17-21(24-23)20-9-5-6-10-22(20)28-16-15-27;/h3-10,17,27H,2,11-16H2,1H3;1H4. The van der Waals surface area contributed by atoms with E-state index in [1.807, 2.05) is 24.3 Å². The minimum Gasteiger partial charge on any atom is -0.490 e. The number of pyridine rings is 1. The third-order valence-electron chi connectivity index (χ3n) is 5.35. The van der Waals surface area contributed by atoms with E-state index in [9.17, 15) is 0 Å². The minimum absolute atomic E-state index is 0. The first-order chi connectivity index (χ1) is 13.8. The van der Waals surface area contributed by atoms with Crippen molar-refractivity contribution < 1.29 is 9.84 Å². The maximum atomic E-state index is 9.14. The van der Waals surface area contributed by atoms with E-state index >= 15 is 0 Å².